The van der Waals surface area contributed by atoms with Gasteiger partial charge in [0, 0.05) is 19.6 Å². The quantitative estimate of drug-likeness (QED) is 0.518. The van der Waals surface area contributed by atoms with E-state index in [9.17, 15) is 13.5 Å². The zero-order chi connectivity index (χ0) is 12.1. The summed E-state index contributed by atoms with van der Waals surface area (Å²) in [7, 11) is 0.146. The number of hydrogen-bond acceptors (Lipinski definition) is 4. The van der Waals surface area contributed by atoms with Gasteiger partial charge in [-0.15, -0.1) is 0 Å². The van der Waals surface area contributed by atoms with Crippen molar-refractivity contribution in [3.05, 3.63) is 0 Å². The lowest BCUT2D eigenvalue weighted by Gasteiger charge is -2.26. The van der Waals surface area contributed by atoms with Crippen molar-refractivity contribution in [1.29, 1.82) is 0 Å². The molecule has 7 heteroatoms. The maximum atomic E-state index is 11.2. The van der Waals surface area contributed by atoms with Crippen molar-refractivity contribution in [3.8, 4) is 0 Å². The minimum atomic E-state index is -3.48. The zero-order valence-electron chi connectivity index (χ0n) is 9.74. The molecule has 0 aliphatic carbocycles. The van der Waals surface area contributed by atoms with Crippen molar-refractivity contribution in [2.75, 3.05) is 33.7 Å². The summed E-state index contributed by atoms with van der Waals surface area (Å²) in [4.78, 5) is 1.79. The highest BCUT2D eigenvalue weighted by Gasteiger charge is 2.23. The van der Waals surface area contributed by atoms with Crippen molar-refractivity contribution in [2.45, 2.75) is 19.4 Å². The van der Waals surface area contributed by atoms with Crippen LogP contribution in [0.3, 0.4) is 0 Å². The summed E-state index contributed by atoms with van der Waals surface area (Å²) < 4.78 is 27.0. The van der Waals surface area contributed by atoms with Gasteiger partial charge in [0.25, 0.3) is 10.2 Å². The SMILES string of the molecule is CCNS(=O)(=O)NCC(C)(O)CN(C)C. The zero-order valence-corrected chi connectivity index (χ0v) is 10.6. The molecule has 0 aromatic rings. The Morgan fingerprint density at radius 3 is 2.27 bits per heavy atom. The molecule has 0 rings (SSSR count). The van der Waals surface area contributed by atoms with E-state index in [1.54, 1.807) is 18.7 Å². The van der Waals surface area contributed by atoms with Crippen LogP contribution in [-0.4, -0.2) is 57.8 Å². The second kappa shape index (κ2) is 5.76. The molecule has 0 saturated carbocycles. The van der Waals surface area contributed by atoms with Crippen LogP contribution in [0.1, 0.15) is 13.8 Å². The normalized spacial score (nSPS) is 16.7. The van der Waals surface area contributed by atoms with Gasteiger partial charge in [-0.2, -0.15) is 13.1 Å². The number of nitrogens with zero attached hydrogens (tertiary/aromatic N) is 1. The van der Waals surface area contributed by atoms with E-state index in [-0.39, 0.29) is 6.54 Å². The van der Waals surface area contributed by atoms with Crippen molar-refractivity contribution < 1.29 is 13.5 Å². The number of rotatable bonds is 7. The number of nitrogens with one attached hydrogen (secondary N) is 2. The van der Waals surface area contributed by atoms with Crippen molar-refractivity contribution in [3.63, 3.8) is 0 Å². The molecule has 92 valence electrons. The lowest BCUT2D eigenvalue weighted by molar-refractivity contribution is 0.0385. The average molecular weight is 239 g/mol. The summed E-state index contributed by atoms with van der Waals surface area (Å²) in [6.45, 7) is 3.98. The van der Waals surface area contributed by atoms with E-state index in [1.807, 2.05) is 14.1 Å². The van der Waals surface area contributed by atoms with Gasteiger partial charge < -0.3 is 10.0 Å². The van der Waals surface area contributed by atoms with Gasteiger partial charge in [-0.1, -0.05) is 6.92 Å². The molecule has 0 spiro atoms. The third kappa shape index (κ3) is 7.69. The first-order valence-corrected chi connectivity index (χ1v) is 6.28. The van der Waals surface area contributed by atoms with E-state index in [4.69, 9.17) is 0 Å². The predicted octanol–water partition coefficient (Wildman–Crippen LogP) is -1.26. The predicted molar refractivity (Wildman–Crippen MR) is 59.8 cm³/mol. The van der Waals surface area contributed by atoms with E-state index >= 15 is 0 Å². The number of hydrogen-bond donors (Lipinski definition) is 3. The topological polar surface area (TPSA) is 81.7 Å². The highest BCUT2D eigenvalue weighted by Crippen LogP contribution is 2.02. The van der Waals surface area contributed by atoms with Crippen LogP contribution in [-0.2, 0) is 10.2 Å². The summed E-state index contributed by atoms with van der Waals surface area (Å²) >= 11 is 0. The van der Waals surface area contributed by atoms with E-state index in [2.05, 4.69) is 9.44 Å². The molecule has 0 amide bonds. The van der Waals surface area contributed by atoms with E-state index < -0.39 is 15.8 Å². The Balaban J connectivity index is 4.14. The lowest BCUT2D eigenvalue weighted by Crippen LogP contribution is -2.49. The van der Waals surface area contributed by atoms with Crippen LogP contribution in [0.25, 0.3) is 0 Å². The van der Waals surface area contributed by atoms with Crippen molar-refractivity contribution in [2.24, 2.45) is 0 Å². The van der Waals surface area contributed by atoms with Gasteiger partial charge in [0.05, 0.1) is 5.60 Å². The molecule has 0 radical (unpaired) electrons. The molecular formula is C8H21N3O3S. The number of aliphatic hydroxyl groups is 1. The van der Waals surface area contributed by atoms with E-state index in [0.29, 0.717) is 13.1 Å². The van der Waals surface area contributed by atoms with E-state index in [0.717, 1.165) is 0 Å². The Morgan fingerprint density at radius 1 is 1.33 bits per heavy atom. The molecule has 0 aliphatic heterocycles. The smallest absolute Gasteiger partial charge is 0.276 e. The molecule has 0 aliphatic rings. The molecule has 0 bridgehead atoms. The van der Waals surface area contributed by atoms with Gasteiger partial charge in [-0.3, -0.25) is 0 Å². The fourth-order valence-corrected chi connectivity index (χ4v) is 2.21. The van der Waals surface area contributed by atoms with Gasteiger partial charge in [-0.05, 0) is 21.0 Å². The largest absolute Gasteiger partial charge is 0.387 e. The molecule has 15 heavy (non-hydrogen) atoms. The lowest BCUT2D eigenvalue weighted by atomic mass is 10.1. The molecule has 0 saturated heterocycles. The fourth-order valence-electron chi connectivity index (χ4n) is 1.23. The standard InChI is InChI=1S/C8H21N3O3S/c1-5-9-15(13,14)10-6-8(2,12)7-11(3)4/h9-10,12H,5-7H2,1-4H3. The fraction of sp³-hybridized carbons (Fsp3) is 1.00. The van der Waals surface area contributed by atoms with Crippen LogP contribution in [0, 0.1) is 0 Å². The Labute approximate surface area is 91.8 Å². The summed E-state index contributed by atoms with van der Waals surface area (Å²) in [5, 5.41) is 9.82. The molecule has 3 N–H and O–H groups in total. The molecule has 0 fully saturated rings. The monoisotopic (exact) mass is 239 g/mol. The molecule has 6 nitrogen and oxygen atoms in total. The van der Waals surface area contributed by atoms with Crippen molar-refractivity contribution in [1.82, 2.24) is 14.3 Å². The highest BCUT2D eigenvalue weighted by atomic mass is 32.2. The van der Waals surface area contributed by atoms with Gasteiger partial charge in [0.2, 0.25) is 0 Å². The first kappa shape index (κ1) is 14.8. The van der Waals surface area contributed by atoms with Crippen LogP contribution >= 0.6 is 0 Å². The third-order valence-corrected chi connectivity index (χ3v) is 2.83. The van der Waals surface area contributed by atoms with Gasteiger partial charge in [0.15, 0.2) is 0 Å². The Bertz CT molecular complexity index is 275. The molecule has 0 aromatic carbocycles. The van der Waals surface area contributed by atoms with Crippen LogP contribution in [0.4, 0.5) is 0 Å². The van der Waals surface area contributed by atoms with Crippen LogP contribution in [0.15, 0.2) is 0 Å². The summed E-state index contributed by atoms with van der Waals surface area (Å²) in [6, 6.07) is 0. The van der Waals surface area contributed by atoms with Gasteiger partial charge >= 0.3 is 0 Å². The Kier molecular flexibility index (Phi) is 5.68. The van der Waals surface area contributed by atoms with Gasteiger partial charge in [-0.25, -0.2) is 4.72 Å². The second-order valence-corrected chi connectivity index (χ2v) is 5.64. The first-order chi connectivity index (χ1) is 6.68. The molecule has 0 aromatic heterocycles. The summed E-state index contributed by atoms with van der Waals surface area (Å²) in [6.07, 6.45) is 0. The Hall–Kier alpha value is -0.210. The molecule has 1 unspecified atom stereocenters. The average Bonchev–Trinajstić information content (AvgIpc) is 1.99. The highest BCUT2D eigenvalue weighted by molar-refractivity contribution is 7.87. The summed E-state index contributed by atoms with van der Waals surface area (Å²) in [5.41, 5.74) is -1.08. The third-order valence-electron chi connectivity index (χ3n) is 1.63. The van der Waals surface area contributed by atoms with Gasteiger partial charge in [0.1, 0.15) is 0 Å². The maximum absolute atomic E-state index is 11.2. The van der Waals surface area contributed by atoms with Crippen LogP contribution in [0.5, 0.6) is 0 Å². The molecular weight excluding hydrogens is 218 g/mol. The second-order valence-electron chi connectivity index (χ2n) is 4.06. The molecule has 0 heterocycles. The minimum Gasteiger partial charge on any atom is -0.387 e. The van der Waals surface area contributed by atoms with Crippen LogP contribution in [0.2, 0.25) is 0 Å². The van der Waals surface area contributed by atoms with E-state index in [1.165, 1.54) is 0 Å². The minimum absolute atomic E-state index is 0.0134. The Morgan fingerprint density at radius 2 is 1.87 bits per heavy atom. The summed E-state index contributed by atoms with van der Waals surface area (Å²) in [5.74, 6) is 0. The molecule has 1 atom stereocenters. The maximum Gasteiger partial charge on any atom is 0.276 e. The van der Waals surface area contributed by atoms with Crippen LogP contribution < -0.4 is 9.44 Å². The first-order valence-electron chi connectivity index (χ1n) is 4.80. The number of likely N-dealkylation sites (N-methyl/N-ethyl adjacent to an activating group) is 1. The van der Waals surface area contributed by atoms with Crippen molar-refractivity contribution >= 4 is 10.2 Å².